The largest absolute Gasteiger partial charge is 0.384 e. The lowest BCUT2D eigenvalue weighted by atomic mass is 10.2. The number of nitrogen functional groups attached to an aromatic ring is 1. The summed E-state index contributed by atoms with van der Waals surface area (Å²) in [6.07, 6.45) is 0. The monoisotopic (exact) mass is 219 g/mol. The van der Waals surface area contributed by atoms with Crippen LogP contribution in [0.3, 0.4) is 0 Å². The third kappa shape index (κ3) is 2.10. The summed E-state index contributed by atoms with van der Waals surface area (Å²) >= 11 is 0. The van der Waals surface area contributed by atoms with Gasteiger partial charge in [0.2, 0.25) is 11.7 Å². The number of pyridine rings is 1. The second kappa shape index (κ2) is 4.18. The van der Waals surface area contributed by atoms with Crippen LogP contribution in [0.5, 0.6) is 0 Å². The molecule has 1 aliphatic heterocycles. The van der Waals surface area contributed by atoms with Gasteiger partial charge >= 0.3 is 0 Å². The second-order valence-corrected chi connectivity index (χ2v) is 3.68. The van der Waals surface area contributed by atoms with Crippen molar-refractivity contribution in [3.63, 3.8) is 0 Å². The SMILES string of the molecule is CC(C)C1=NC(c2cccc(N)n2)=NNO1. The van der Waals surface area contributed by atoms with E-state index in [1.807, 2.05) is 13.8 Å². The van der Waals surface area contributed by atoms with Gasteiger partial charge < -0.3 is 10.6 Å². The van der Waals surface area contributed by atoms with Gasteiger partial charge in [-0.15, -0.1) is 10.7 Å². The Bertz CT molecular complexity index is 452. The fraction of sp³-hybridized carbons (Fsp3) is 0.300. The molecule has 6 heteroatoms. The van der Waals surface area contributed by atoms with Crippen LogP contribution in [0, 0.1) is 5.92 Å². The molecule has 0 saturated heterocycles. The van der Waals surface area contributed by atoms with Crippen molar-refractivity contribution in [2.75, 3.05) is 5.73 Å². The quantitative estimate of drug-likeness (QED) is 0.774. The highest BCUT2D eigenvalue weighted by Gasteiger charge is 2.15. The normalized spacial score (nSPS) is 14.9. The van der Waals surface area contributed by atoms with Crippen LogP contribution in [0.25, 0.3) is 0 Å². The Labute approximate surface area is 93.2 Å². The van der Waals surface area contributed by atoms with Crippen LogP contribution in [0.2, 0.25) is 0 Å². The molecule has 1 aromatic heterocycles. The molecule has 0 atom stereocenters. The number of amidine groups is 1. The first-order valence-electron chi connectivity index (χ1n) is 4.98. The Balaban J connectivity index is 2.32. The van der Waals surface area contributed by atoms with Crippen molar-refractivity contribution in [1.82, 2.24) is 10.6 Å². The van der Waals surface area contributed by atoms with E-state index in [-0.39, 0.29) is 5.92 Å². The van der Waals surface area contributed by atoms with Crippen LogP contribution in [-0.4, -0.2) is 16.7 Å². The Morgan fingerprint density at radius 3 is 2.88 bits per heavy atom. The number of rotatable bonds is 2. The van der Waals surface area contributed by atoms with Gasteiger partial charge in [-0.25, -0.2) is 4.98 Å². The molecule has 16 heavy (non-hydrogen) atoms. The number of hydrogen-bond acceptors (Lipinski definition) is 6. The maximum absolute atomic E-state index is 5.59. The summed E-state index contributed by atoms with van der Waals surface area (Å²) in [4.78, 5) is 13.5. The highest BCUT2D eigenvalue weighted by Crippen LogP contribution is 2.08. The van der Waals surface area contributed by atoms with Gasteiger partial charge in [0.05, 0.1) is 0 Å². The van der Waals surface area contributed by atoms with Crippen LogP contribution in [0.1, 0.15) is 19.5 Å². The van der Waals surface area contributed by atoms with Gasteiger partial charge in [-0.1, -0.05) is 19.9 Å². The number of hydrogen-bond donors (Lipinski definition) is 2. The molecule has 3 N–H and O–H groups in total. The molecule has 0 bridgehead atoms. The van der Waals surface area contributed by atoms with Crippen LogP contribution >= 0.6 is 0 Å². The van der Waals surface area contributed by atoms with Gasteiger partial charge in [-0.05, 0) is 12.1 Å². The zero-order chi connectivity index (χ0) is 11.5. The minimum atomic E-state index is 0.180. The summed E-state index contributed by atoms with van der Waals surface area (Å²) in [6.45, 7) is 3.96. The number of aromatic nitrogens is 1. The predicted molar refractivity (Wildman–Crippen MR) is 61.7 cm³/mol. The van der Waals surface area contributed by atoms with Gasteiger partial charge in [0.15, 0.2) is 0 Å². The Kier molecular flexibility index (Phi) is 2.72. The lowest BCUT2D eigenvalue weighted by Gasteiger charge is -2.15. The van der Waals surface area contributed by atoms with E-state index in [0.717, 1.165) is 0 Å². The number of nitrogens with one attached hydrogen (secondary N) is 1. The van der Waals surface area contributed by atoms with E-state index in [1.165, 1.54) is 0 Å². The zero-order valence-corrected chi connectivity index (χ0v) is 9.14. The van der Waals surface area contributed by atoms with Gasteiger partial charge in [-0.3, -0.25) is 0 Å². The standard InChI is InChI=1S/C10H13N5O/c1-6(2)10-13-9(14-15-16-10)7-4-3-5-8(11)12-7/h3-6,15H,1-2H3,(H2,11,12). The van der Waals surface area contributed by atoms with Gasteiger partial charge in [0.25, 0.3) is 0 Å². The van der Waals surface area contributed by atoms with E-state index >= 15 is 0 Å². The highest BCUT2D eigenvalue weighted by molar-refractivity contribution is 6.05. The van der Waals surface area contributed by atoms with Gasteiger partial charge in [-0.2, -0.15) is 4.99 Å². The van der Waals surface area contributed by atoms with Crippen LogP contribution in [-0.2, 0) is 4.84 Å². The third-order valence-electron chi connectivity index (χ3n) is 2.01. The van der Waals surface area contributed by atoms with E-state index in [0.29, 0.717) is 23.2 Å². The summed E-state index contributed by atoms with van der Waals surface area (Å²) < 4.78 is 0. The Morgan fingerprint density at radius 1 is 1.38 bits per heavy atom. The summed E-state index contributed by atoms with van der Waals surface area (Å²) in [5.41, 5.74) is 8.67. The number of hydrazone groups is 1. The number of nitrogens with two attached hydrogens (primary N) is 1. The van der Waals surface area contributed by atoms with Crippen molar-refractivity contribution in [2.45, 2.75) is 13.8 Å². The highest BCUT2D eigenvalue weighted by atomic mass is 16.7. The summed E-state index contributed by atoms with van der Waals surface area (Å²) in [5, 5.41) is 3.91. The van der Waals surface area contributed by atoms with E-state index < -0.39 is 0 Å². The molecule has 6 nitrogen and oxygen atoms in total. The van der Waals surface area contributed by atoms with E-state index in [1.54, 1.807) is 18.2 Å². The lowest BCUT2D eigenvalue weighted by Crippen LogP contribution is -2.27. The molecule has 0 aromatic carbocycles. The molecule has 84 valence electrons. The van der Waals surface area contributed by atoms with Crippen molar-refractivity contribution >= 4 is 17.6 Å². The van der Waals surface area contributed by atoms with E-state index in [4.69, 9.17) is 10.6 Å². The molecule has 0 spiro atoms. The van der Waals surface area contributed by atoms with Gasteiger partial charge in [0, 0.05) is 5.92 Å². The van der Waals surface area contributed by atoms with Crippen LogP contribution < -0.4 is 11.3 Å². The maximum Gasteiger partial charge on any atom is 0.228 e. The van der Waals surface area contributed by atoms with Crippen molar-refractivity contribution in [3.8, 4) is 0 Å². The molecular weight excluding hydrogens is 206 g/mol. The molecule has 0 aliphatic carbocycles. The summed E-state index contributed by atoms with van der Waals surface area (Å²) in [7, 11) is 0. The smallest absolute Gasteiger partial charge is 0.228 e. The number of aliphatic imine (C=N–C) groups is 1. The molecule has 1 aromatic rings. The number of nitrogens with zero attached hydrogens (tertiary/aromatic N) is 3. The molecule has 0 saturated carbocycles. The fourth-order valence-electron chi connectivity index (χ4n) is 1.20. The van der Waals surface area contributed by atoms with Crippen molar-refractivity contribution in [2.24, 2.45) is 16.0 Å². The molecular formula is C10H13N5O. The first-order chi connectivity index (χ1) is 7.66. The minimum Gasteiger partial charge on any atom is -0.384 e. The van der Waals surface area contributed by atoms with Gasteiger partial charge in [0.1, 0.15) is 11.5 Å². The fourth-order valence-corrected chi connectivity index (χ4v) is 1.20. The molecule has 2 heterocycles. The van der Waals surface area contributed by atoms with Crippen LogP contribution in [0.4, 0.5) is 5.82 Å². The van der Waals surface area contributed by atoms with Crippen LogP contribution in [0.15, 0.2) is 28.3 Å². The number of anilines is 1. The maximum atomic E-state index is 5.59. The molecule has 0 fully saturated rings. The second-order valence-electron chi connectivity index (χ2n) is 3.68. The average molecular weight is 219 g/mol. The lowest BCUT2D eigenvalue weighted by molar-refractivity contribution is 0.169. The third-order valence-corrected chi connectivity index (χ3v) is 2.01. The minimum absolute atomic E-state index is 0.180. The summed E-state index contributed by atoms with van der Waals surface area (Å²) in [6, 6.07) is 5.31. The Morgan fingerprint density at radius 2 is 2.19 bits per heavy atom. The van der Waals surface area contributed by atoms with Crippen molar-refractivity contribution in [3.05, 3.63) is 23.9 Å². The molecule has 1 aliphatic rings. The molecule has 0 radical (unpaired) electrons. The average Bonchev–Trinajstić information content (AvgIpc) is 2.29. The van der Waals surface area contributed by atoms with E-state index in [2.05, 4.69) is 20.7 Å². The molecule has 0 amide bonds. The predicted octanol–water partition coefficient (Wildman–Crippen LogP) is 0.915. The first kappa shape index (κ1) is 10.4. The first-order valence-corrected chi connectivity index (χ1v) is 4.98. The molecule has 0 unspecified atom stereocenters. The Hall–Kier alpha value is -2.11. The van der Waals surface area contributed by atoms with E-state index in [9.17, 15) is 0 Å². The van der Waals surface area contributed by atoms with Crippen molar-refractivity contribution < 1.29 is 4.84 Å². The summed E-state index contributed by atoms with van der Waals surface area (Å²) in [5.74, 6) is 1.67. The molecule has 2 rings (SSSR count). The topological polar surface area (TPSA) is 84.9 Å². The van der Waals surface area contributed by atoms with Crippen molar-refractivity contribution in [1.29, 1.82) is 0 Å². The zero-order valence-electron chi connectivity index (χ0n) is 9.14.